The van der Waals surface area contributed by atoms with E-state index in [-0.39, 0.29) is 6.04 Å². The SMILES string of the molecule is Clc1ccc(-c2nc3n(n2)[C@H](c2ccccc2)C=C(c2ccccc2)N3)cc1. The molecule has 0 saturated heterocycles. The molecule has 0 radical (unpaired) electrons. The lowest BCUT2D eigenvalue weighted by molar-refractivity contribution is 0.613. The third-order valence-corrected chi connectivity index (χ3v) is 5.05. The molecule has 0 unspecified atom stereocenters. The summed E-state index contributed by atoms with van der Waals surface area (Å²) in [4.78, 5) is 4.76. The average Bonchev–Trinajstić information content (AvgIpc) is 3.19. The first-order valence-corrected chi connectivity index (χ1v) is 9.47. The van der Waals surface area contributed by atoms with Crippen LogP contribution in [0.3, 0.4) is 0 Å². The van der Waals surface area contributed by atoms with Gasteiger partial charge in [0.1, 0.15) is 6.04 Å². The lowest BCUT2D eigenvalue weighted by atomic mass is 10.0. The summed E-state index contributed by atoms with van der Waals surface area (Å²) in [5.41, 5.74) is 4.23. The van der Waals surface area contributed by atoms with E-state index in [9.17, 15) is 0 Å². The Hall–Kier alpha value is -3.37. The summed E-state index contributed by atoms with van der Waals surface area (Å²) in [6, 6.07) is 28.2. The van der Waals surface area contributed by atoms with Gasteiger partial charge in [-0.2, -0.15) is 4.98 Å². The lowest BCUT2D eigenvalue weighted by Gasteiger charge is -2.24. The number of anilines is 1. The van der Waals surface area contributed by atoms with Crippen molar-refractivity contribution in [2.45, 2.75) is 6.04 Å². The van der Waals surface area contributed by atoms with Crippen molar-refractivity contribution in [1.29, 1.82) is 0 Å². The zero-order valence-electron chi connectivity index (χ0n) is 15.0. The molecule has 1 aliphatic rings. The highest BCUT2D eigenvalue weighted by Crippen LogP contribution is 2.34. The zero-order valence-corrected chi connectivity index (χ0v) is 15.7. The van der Waals surface area contributed by atoms with Gasteiger partial charge in [-0.25, -0.2) is 4.68 Å². The third-order valence-electron chi connectivity index (χ3n) is 4.79. The molecule has 0 bridgehead atoms. The van der Waals surface area contributed by atoms with E-state index >= 15 is 0 Å². The van der Waals surface area contributed by atoms with Crippen LogP contribution in [0.5, 0.6) is 0 Å². The summed E-state index contributed by atoms with van der Waals surface area (Å²) < 4.78 is 1.94. The van der Waals surface area contributed by atoms with Crippen LogP contribution in [0.15, 0.2) is 91.0 Å². The predicted octanol–water partition coefficient (Wildman–Crippen LogP) is 5.65. The fraction of sp³-hybridized carbons (Fsp3) is 0.0435. The van der Waals surface area contributed by atoms with E-state index in [0.29, 0.717) is 10.8 Å². The van der Waals surface area contributed by atoms with Crippen molar-refractivity contribution in [3.8, 4) is 11.4 Å². The van der Waals surface area contributed by atoms with Crippen molar-refractivity contribution >= 4 is 23.2 Å². The Morgan fingerprint density at radius 2 is 1.46 bits per heavy atom. The van der Waals surface area contributed by atoms with Crippen LogP contribution in [0.4, 0.5) is 5.95 Å². The van der Waals surface area contributed by atoms with Crippen molar-refractivity contribution in [2.24, 2.45) is 0 Å². The average molecular weight is 385 g/mol. The molecule has 28 heavy (non-hydrogen) atoms. The number of fused-ring (bicyclic) bond motifs is 1. The highest BCUT2D eigenvalue weighted by Gasteiger charge is 2.25. The second-order valence-corrected chi connectivity index (χ2v) is 7.07. The minimum absolute atomic E-state index is 0.0405. The summed E-state index contributed by atoms with van der Waals surface area (Å²) in [6.45, 7) is 0. The Labute approximate surface area is 168 Å². The van der Waals surface area contributed by atoms with E-state index < -0.39 is 0 Å². The number of rotatable bonds is 3. The molecule has 1 aromatic heterocycles. The van der Waals surface area contributed by atoms with Crippen LogP contribution in [-0.2, 0) is 0 Å². The Balaban J connectivity index is 1.62. The molecule has 4 nitrogen and oxygen atoms in total. The second-order valence-electron chi connectivity index (χ2n) is 6.64. The number of nitrogens with zero attached hydrogens (tertiary/aromatic N) is 3. The molecule has 4 aromatic rings. The van der Waals surface area contributed by atoms with Crippen LogP contribution < -0.4 is 5.32 Å². The number of aromatic nitrogens is 3. The van der Waals surface area contributed by atoms with Gasteiger partial charge in [-0.15, -0.1) is 5.10 Å². The highest BCUT2D eigenvalue weighted by molar-refractivity contribution is 6.30. The molecule has 2 heterocycles. The van der Waals surface area contributed by atoms with Crippen LogP contribution in [0.2, 0.25) is 5.02 Å². The molecule has 0 fully saturated rings. The summed E-state index contributed by atoms with van der Waals surface area (Å²) in [5.74, 6) is 1.39. The Kier molecular flexibility index (Phi) is 4.18. The third kappa shape index (κ3) is 3.08. The van der Waals surface area contributed by atoms with E-state index in [1.165, 1.54) is 0 Å². The van der Waals surface area contributed by atoms with Gasteiger partial charge in [-0.05, 0) is 41.5 Å². The first kappa shape index (κ1) is 16.8. The normalized spacial score (nSPS) is 15.5. The Morgan fingerprint density at radius 3 is 2.18 bits per heavy atom. The minimum atomic E-state index is -0.0405. The van der Waals surface area contributed by atoms with Gasteiger partial charge in [0.05, 0.1) is 0 Å². The number of benzene rings is 3. The van der Waals surface area contributed by atoms with Crippen LogP contribution >= 0.6 is 11.6 Å². The lowest BCUT2D eigenvalue weighted by Crippen LogP contribution is -2.20. The van der Waals surface area contributed by atoms with Crippen molar-refractivity contribution in [1.82, 2.24) is 14.8 Å². The molecule has 5 rings (SSSR count). The molecular weight excluding hydrogens is 368 g/mol. The van der Waals surface area contributed by atoms with Gasteiger partial charge in [0, 0.05) is 16.3 Å². The summed E-state index contributed by atoms with van der Waals surface area (Å²) >= 11 is 6.02. The summed E-state index contributed by atoms with van der Waals surface area (Å²) in [6.07, 6.45) is 2.19. The van der Waals surface area contributed by atoms with Gasteiger partial charge in [-0.3, -0.25) is 0 Å². The van der Waals surface area contributed by atoms with Gasteiger partial charge in [-0.1, -0.05) is 72.3 Å². The zero-order chi connectivity index (χ0) is 18.9. The molecule has 0 saturated carbocycles. The van der Waals surface area contributed by atoms with E-state index in [4.69, 9.17) is 21.7 Å². The Morgan fingerprint density at radius 1 is 0.786 bits per heavy atom. The fourth-order valence-electron chi connectivity index (χ4n) is 3.39. The molecule has 1 N–H and O–H groups in total. The van der Waals surface area contributed by atoms with Gasteiger partial charge in [0.25, 0.3) is 0 Å². The van der Waals surface area contributed by atoms with Crippen molar-refractivity contribution in [2.75, 3.05) is 5.32 Å². The summed E-state index contributed by atoms with van der Waals surface area (Å²) in [7, 11) is 0. The number of allylic oxidation sites excluding steroid dienone is 1. The van der Waals surface area contributed by atoms with E-state index in [1.54, 1.807) is 0 Å². The quantitative estimate of drug-likeness (QED) is 0.496. The monoisotopic (exact) mass is 384 g/mol. The van der Waals surface area contributed by atoms with Crippen LogP contribution in [0.25, 0.3) is 17.1 Å². The van der Waals surface area contributed by atoms with Gasteiger partial charge in [0.15, 0.2) is 5.82 Å². The molecule has 1 atom stereocenters. The number of halogens is 1. The second kappa shape index (κ2) is 6.98. The van der Waals surface area contributed by atoms with Crippen molar-refractivity contribution in [3.05, 3.63) is 107 Å². The van der Waals surface area contributed by atoms with Crippen LogP contribution in [0.1, 0.15) is 17.2 Å². The Bertz CT molecular complexity index is 1130. The molecule has 1 aliphatic heterocycles. The maximum Gasteiger partial charge on any atom is 0.227 e. The van der Waals surface area contributed by atoms with E-state index in [1.807, 2.05) is 65.3 Å². The number of hydrogen-bond donors (Lipinski definition) is 1. The van der Waals surface area contributed by atoms with Gasteiger partial charge >= 0.3 is 0 Å². The standard InChI is InChI=1S/C23H17ClN4/c24-19-13-11-18(12-14-19)22-26-23-25-20(16-7-3-1-4-8-16)15-21(28(23)27-22)17-9-5-2-6-10-17/h1-15,21H,(H,25,26,27)/t21-/m0/s1. The number of nitrogens with one attached hydrogen (secondary N) is 1. The molecule has 5 heteroatoms. The largest absolute Gasteiger partial charge is 0.324 e. The first-order valence-electron chi connectivity index (χ1n) is 9.10. The molecule has 136 valence electrons. The predicted molar refractivity (Wildman–Crippen MR) is 113 cm³/mol. The van der Waals surface area contributed by atoms with Gasteiger partial charge < -0.3 is 5.32 Å². The van der Waals surface area contributed by atoms with E-state index in [2.05, 4.69) is 35.7 Å². The fourth-order valence-corrected chi connectivity index (χ4v) is 3.51. The molecule has 3 aromatic carbocycles. The highest BCUT2D eigenvalue weighted by atomic mass is 35.5. The molecule has 0 spiro atoms. The molecular formula is C23H17ClN4. The van der Waals surface area contributed by atoms with Crippen molar-refractivity contribution < 1.29 is 0 Å². The topological polar surface area (TPSA) is 42.7 Å². The minimum Gasteiger partial charge on any atom is -0.324 e. The van der Waals surface area contributed by atoms with E-state index in [0.717, 1.165) is 28.3 Å². The number of hydrogen-bond acceptors (Lipinski definition) is 3. The van der Waals surface area contributed by atoms with Crippen LogP contribution in [-0.4, -0.2) is 14.8 Å². The smallest absolute Gasteiger partial charge is 0.227 e. The summed E-state index contributed by atoms with van der Waals surface area (Å²) in [5, 5.41) is 8.93. The van der Waals surface area contributed by atoms with Gasteiger partial charge in [0.2, 0.25) is 5.95 Å². The maximum absolute atomic E-state index is 6.02. The molecule has 0 amide bonds. The van der Waals surface area contributed by atoms with Crippen LogP contribution in [0, 0.1) is 0 Å². The first-order chi connectivity index (χ1) is 13.8. The maximum atomic E-state index is 6.02. The molecule has 0 aliphatic carbocycles. The van der Waals surface area contributed by atoms with Crippen molar-refractivity contribution in [3.63, 3.8) is 0 Å².